The number of carbonyl (C=O) groups is 1. The van der Waals surface area contributed by atoms with Crippen LogP contribution in [-0.2, 0) is 27.7 Å². The minimum Gasteiger partial charge on any atom is -0.355 e. The molecule has 2 N–H and O–H groups in total. The zero-order chi connectivity index (χ0) is 16.9. The van der Waals surface area contributed by atoms with E-state index < -0.39 is 10.0 Å². The molecule has 0 radical (unpaired) electrons. The molecular formula is C14H16ClN3O3S2. The lowest BCUT2D eigenvalue weighted by Gasteiger charge is -2.04. The predicted octanol–water partition coefficient (Wildman–Crippen LogP) is 2.07. The summed E-state index contributed by atoms with van der Waals surface area (Å²) < 4.78 is 24.5. The number of carbonyl (C=O) groups excluding carboxylic acids is 1. The highest BCUT2D eigenvalue weighted by Crippen LogP contribution is 2.16. The third-order valence-electron chi connectivity index (χ3n) is 2.82. The number of aromatic nitrogens is 1. The van der Waals surface area contributed by atoms with Gasteiger partial charge in [0.2, 0.25) is 15.9 Å². The van der Waals surface area contributed by atoms with Crippen LogP contribution < -0.4 is 10.0 Å². The molecule has 1 aromatic heterocycles. The van der Waals surface area contributed by atoms with Gasteiger partial charge in [-0.25, -0.2) is 13.4 Å². The van der Waals surface area contributed by atoms with Crippen LogP contribution in [0.1, 0.15) is 11.3 Å². The number of halogens is 1. The first-order chi connectivity index (χ1) is 10.8. The summed E-state index contributed by atoms with van der Waals surface area (Å²) in [5, 5.41) is 5.41. The van der Waals surface area contributed by atoms with Gasteiger partial charge in [0, 0.05) is 16.9 Å². The highest BCUT2D eigenvalue weighted by atomic mass is 35.5. The number of sulfonamides is 1. The van der Waals surface area contributed by atoms with Crippen molar-refractivity contribution in [2.45, 2.75) is 12.8 Å². The fourth-order valence-corrected chi connectivity index (χ4v) is 3.51. The van der Waals surface area contributed by atoms with Crippen LogP contribution in [0.2, 0.25) is 5.02 Å². The fourth-order valence-electron chi connectivity index (χ4n) is 1.82. The van der Waals surface area contributed by atoms with E-state index in [0.29, 0.717) is 23.7 Å². The van der Waals surface area contributed by atoms with Gasteiger partial charge in [-0.15, -0.1) is 11.3 Å². The number of anilines is 1. The normalized spacial score (nSPS) is 11.2. The van der Waals surface area contributed by atoms with Crippen LogP contribution in [0.3, 0.4) is 0 Å². The predicted molar refractivity (Wildman–Crippen MR) is 92.5 cm³/mol. The maximum atomic E-state index is 11.8. The van der Waals surface area contributed by atoms with Crippen LogP contribution in [-0.4, -0.2) is 32.1 Å². The number of benzene rings is 1. The lowest BCUT2D eigenvalue weighted by atomic mass is 10.1. The average Bonchev–Trinajstić information content (AvgIpc) is 2.86. The molecule has 0 fully saturated rings. The van der Waals surface area contributed by atoms with Crippen molar-refractivity contribution in [1.29, 1.82) is 0 Å². The Labute approximate surface area is 143 Å². The molecule has 0 aliphatic heterocycles. The lowest BCUT2D eigenvalue weighted by Crippen LogP contribution is -2.27. The Morgan fingerprint density at radius 2 is 2.00 bits per heavy atom. The van der Waals surface area contributed by atoms with E-state index in [1.807, 2.05) is 24.3 Å². The molecule has 0 spiro atoms. The molecular weight excluding hydrogens is 358 g/mol. The van der Waals surface area contributed by atoms with Gasteiger partial charge in [-0.2, -0.15) is 0 Å². The minimum atomic E-state index is -3.35. The Morgan fingerprint density at radius 3 is 2.65 bits per heavy atom. The monoisotopic (exact) mass is 373 g/mol. The van der Waals surface area contributed by atoms with Crippen molar-refractivity contribution in [2.75, 3.05) is 17.5 Å². The second-order valence-corrected chi connectivity index (χ2v) is 7.96. The molecule has 1 heterocycles. The van der Waals surface area contributed by atoms with Crippen molar-refractivity contribution >= 4 is 44.0 Å². The quantitative estimate of drug-likeness (QED) is 0.777. The number of nitrogens with zero attached hydrogens (tertiary/aromatic N) is 1. The minimum absolute atomic E-state index is 0.114. The maximum absolute atomic E-state index is 11.8. The summed E-state index contributed by atoms with van der Waals surface area (Å²) in [6, 6.07) is 7.45. The standard InChI is InChI=1S/C14H16ClN3O3S2/c1-23(20,21)18-14-17-12(9-22-14)8-13(19)16-7-6-10-2-4-11(15)5-3-10/h2-5,9H,6-8H2,1H3,(H,16,19)(H,17,18). The van der Waals surface area contributed by atoms with Gasteiger partial charge in [0.05, 0.1) is 18.4 Å². The molecule has 23 heavy (non-hydrogen) atoms. The molecule has 2 rings (SSSR count). The molecule has 2 aromatic rings. The molecule has 1 aromatic carbocycles. The second-order valence-electron chi connectivity index (χ2n) is 4.92. The highest BCUT2D eigenvalue weighted by molar-refractivity contribution is 7.92. The third-order valence-corrected chi connectivity index (χ3v) is 4.57. The summed E-state index contributed by atoms with van der Waals surface area (Å²) in [5.74, 6) is -0.157. The molecule has 9 heteroatoms. The first-order valence-corrected chi connectivity index (χ1v) is 9.90. The van der Waals surface area contributed by atoms with Gasteiger partial charge >= 0.3 is 0 Å². The smallest absolute Gasteiger partial charge is 0.231 e. The zero-order valence-electron chi connectivity index (χ0n) is 12.4. The Morgan fingerprint density at radius 1 is 1.30 bits per heavy atom. The van der Waals surface area contributed by atoms with Crippen molar-refractivity contribution in [3.63, 3.8) is 0 Å². The fraction of sp³-hybridized carbons (Fsp3) is 0.286. The van der Waals surface area contributed by atoms with E-state index in [0.717, 1.165) is 23.2 Å². The lowest BCUT2D eigenvalue weighted by molar-refractivity contribution is -0.120. The molecule has 124 valence electrons. The van der Waals surface area contributed by atoms with E-state index in [2.05, 4.69) is 15.0 Å². The van der Waals surface area contributed by atoms with Crippen LogP contribution in [0.15, 0.2) is 29.6 Å². The number of rotatable bonds is 7. The zero-order valence-corrected chi connectivity index (χ0v) is 14.8. The van der Waals surface area contributed by atoms with Crippen LogP contribution in [0.4, 0.5) is 5.13 Å². The summed E-state index contributed by atoms with van der Waals surface area (Å²) >= 11 is 6.96. The molecule has 0 saturated carbocycles. The SMILES string of the molecule is CS(=O)(=O)Nc1nc(CC(=O)NCCc2ccc(Cl)cc2)cs1. The van der Waals surface area contributed by atoms with Gasteiger partial charge in [-0.1, -0.05) is 23.7 Å². The number of nitrogens with one attached hydrogen (secondary N) is 2. The van der Waals surface area contributed by atoms with Crippen LogP contribution in [0.25, 0.3) is 0 Å². The Hall–Kier alpha value is -1.64. The van der Waals surface area contributed by atoms with Gasteiger partial charge in [-0.05, 0) is 24.1 Å². The average molecular weight is 374 g/mol. The van der Waals surface area contributed by atoms with Gasteiger partial charge < -0.3 is 5.32 Å². The molecule has 0 bridgehead atoms. The number of thiazole rings is 1. The molecule has 0 aliphatic carbocycles. The van der Waals surface area contributed by atoms with Gasteiger partial charge in [0.25, 0.3) is 0 Å². The van der Waals surface area contributed by atoms with Crippen molar-refractivity contribution < 1.29 is 13.2 Å². The number of hydrogen-bond donors (Lipinski definition) is 2. The third kappa shape index (κ3) is 6.55. The summed E-state index contributed by atoms with van der Waals surface area (Å²) in [5.41, 5.74) is 1.62. The van der Waals surface area contributed by atoms with Crippen molar-refractivity contribution in [2.24, 2.45) is 0 Å². The van der Waals surface area contributed by atoms with E-state index in [9.17, 15) is 13.2 Å². The van der Waals surface area contributed by atoms with Crippen LogP contribution >= 0.6 is 22.9 Å². The molecule has 0 saturated heterocycles. The summed E-state index contributed by atoms with van der Waals surface area (Å²) in [4.78, 5) is 15.9. The van der Waals surface area contributed by atoms with Gasteiger partial charge in [0.1, 0.15) is 0 Å². The summed E-state index contributed by atoms with van der Waals surface area (Å²) in [7, 11) is -3.35. The van der Waals surface area contributed by atoms with Gasteiger partial charge in [0.15, 0.2) is 5.13 Å². The van der Waals surface area contributed by atoms with Crippen LogP contribution in [0, 0.1) is 0 Å². The molecule has 0 atom stereocenters. The van der Waals surface area contributed by atoms with Crippen molar-refractivity contribution in [3.8, 4) is 0 Å². The van der Waals surface area contributed by atoms with Crippen LogP contribution in [0.5, 0.6) is 0 Å². The van der Waals surface area contributed by atoms with Crippen molar-refractivity contribution in [1.82, 2.24) is 10.3 Å². The van der Waals surface area contributed by atoms with E-state index in [1.165, 1.54) is 0 Å². The Balaban J connectivity index is 1.77. The maximum Gasteiger partial charge on any atom is 0.231 e. The molecule has 0 aliphatic rings. The first-order valence-electron chi connectivity index (χ1n) is 6.75. The number of amides is 1. The Bertz CT molecular complexity index is 773. The molecule has 1 amide bonds. The van der Waals surface area contributed by atoms with E-state index in [-0.39, 0.29) is 17.5 Å². The first kappa shape index (κ1) is 17.7. The van der Waals surface area contributed by atoms with E-state index in [1.54, 1.807) is 5.38 Å². The molecule has 0 unspecified atom stereocenters. The van der Waals surface area contributed by atoms with Gasteiger partial charge in [-0.3, -0.25) is 9.52 Å². The van der Waals surface area contributed by atoms with E-state index in [4.69, 9.17) is 11.6 Å². The largest absolute Gasteiger partial charge is 0.355 e. The molecule has 6 nitrogen and oxygen atoms in total. The van der Waals surface area contributed by atoms with Crippen molar-refractivity contribution in [3.05, 3.63) is 45.9 Å². The Kier molecular flexibility index (Phi) is 5.97. The topological polar surface area (TPSA) is 88.2 Å². The summed E-state index contributed by atoms with van der Waals surface area (Å²) in [6.07, 6.45) is 1.88. The number of hydrogen-bond acceptors (Lipinski definition) is 5. The second kappa shape index (κ2) is 7.76. The van der Waals surface area contributed by atoms with E-state index >= 15 is 0 Å². The highest BCUT2D eigenvalue weighted by Gasteiger charge is 2.10. The summed E-state index contributed by atoms with van der Waals surface area (Å²) in [6.45, 7) is 0.513.